The standard InChI is InChI=1S/C26H25N3O3/c1-4-22(24(30)27-21-15-10-11-17(2)18(21)3)31-23-16-9-8-14-20(23)26-29-28-25(32-26)19-12-6-5-7-13-19/h5-16,22H,4H2,1-3H3,(H,27,30)/t22-/m1/s1. The number of anilines is 1. The van der Waals surface area contributed by atoms with Crippen LogP contribution in [0.3, 0.4) is 0 Å². The van der Waals surface area contributed by atoms with Gasteiger partial charge in [-0.3, -0.25) is 4.79 Å². The summed E-state index contributed by atoms with van der Waals surface area (Å²) in [6.45, 7) is 5.92. The maximum Gasteiger partial charge on any atom is 0.265 e. The molecule has 1 aromatic heterocycles. The van der Waals surface area contributed by atoms with Crippen molar-refractivity contribution in [3.63, 3.8) is 0 Å². The Labute approximate surface area is 187 Å². The monoisotopic (exact) mass is 427 g/mol. The zero-order valence-corrected chi connectivity index (χ0v) is 18.3. The zero-order valence-electron chi connectivity index (χ0n) is 18.3. The number of carbonyl (C=O) groups excluding carboxylic acids is 1. The molecule has 1 heterocycles. The SMILES string of the molecule is CC[C@@H](Oc1ccccc1-c1nnc(-c2ccccc2)o1)C(=O)Nc1cccc(C)c1C. The second kappa shape index (κ2) is 9.47. The maximum atomic E-state index is 13.0. The van der Waals surface area contributed by atoms with Gasteiger partial charge < -0.3 is 14.5 Å². The number of amides is 1. The summed E-state index contributed by atoms with van der Waals surface area (Å²) in [5, 5.41) is 11.3. The Morgan fingerprint density at radius 2 is 1.66 bits per heavy atom. The summed E-state index contributed by atoms with van der Waals surface area (Å²) in [4.78, 5) is 13.0. The van der Waals surface area contributed by atoms with E-state index in [0.717, 1.165) is 22.4 Å². The second-order valence-corrected chi connectivity index (χ2v) is 7.53. The highest BCUT2D eigenvalue weighted by Crippen LogP contribution is 2.32. The number of nitrogens with one attached hydrogen (secondary N) is 1. The van der Waals surface area contributed by atoms with Crippen LogP contribution in [0, 0.1) is 13.8 Å². The molecular weight excluding hydrogens is 402 g/mol. The molecule has 1 N–H and O–H groups in total. The van der Waals surface area contributed by atoms with Crippen LogP contribution < -0.4 is 10.1 Å². The van der Waals surface area contributed by atoms with Crippen LogP contribution in [-0.4, -0.2) is 22.2 Å². The molecule has 0 saturated heterocycles. The average Bonchev–Trinajstić information content (AvgIpc) is 3.31. The van der Waals surface area contributed by atoms with Gasteiger partial charge in [-0.15, -0.1) is 10.2 Å². The largest absolute Gasteiger partial charge is 0.480 e. The van der Waals surface area contributed by atoms with Gasteiger partial charge in [-0.2, -0.15) is 0 Å². The number of rotatable bonds is 7. The predicted molar refractivity (Wildman–Crippen MR) is 124 cm³/mol. The number of benzene rings is 3. The van der Waals surface area contributed by atoms with Crippen molar-refractivity contribution in [2.45, 2.75) is 33.3 Å². The van der Waals surface area contributed by atoms with E-state index in [-0.39, 0.29) is 5.91 Å². The summed E-state index contributed by atoms with van der Waals surface area (Å²) >= 11 is 0. The maximum absolute atomic E-state index is 13.0. The first-order valence-corrected chi connectivity index (χ1v) is 10.6. The molecule has 0 spiro atoms. The molecule has 0 saturated carbocycles. The fourth-order valence-electron chi connectivity index (χ4n) is 3.35. The normalized spacial score (nSPS) is 11.7. The molecule has 0 unspecified atom stereocenters. The summed E-state index contributed by atoms with van der Waals surface area (Å²) in [6.07, 6.45) is -0.169. The van der Waals surface area contributed by atoms with Crippen molar-refractivity contribution in [1.29, 1.82) is 0 Å². The minimum absolute atomic E-state index is 0.202. The third-order valence-electron chi connectivity index (χ3n) is 5.36. The van der Waals surface area contributed by atoms with Gasteiger partial charge in [0.05, 0.1) is 5.56 Å². The third-order valence-corrected chi connectivity index (χ3v) is 5.36. The number of hydrogen-bond acceptors (Lipinski definition) is 5. The first-order chi connectivity index (χ1) is 15.6. The topological polar surface area (TPSA) is 77.2 Å². The molecule has 0 aliphatic heterocycles. The first kappa shape index (κ1) is 21.3. The Kier molecular flexibility index (Phi) is 6.31. The molecule has 0 bridgehead atoms. The van der Waals surface area contributed by atoms with Gasteiger partial charge in [0.1, 0.15) is 5.75 Å². The molecule has 0 aliphatic rings. The van der Waals surface area contributed by atoms with Gasteiger partial charge in [0.15, 0.2) is 6.10 Å². The molecule has 4 rings (SSSR count). The van der Waals surface area contributed by atoms with Crippen LogP contribution in [-0.2, 0) is 4.79 Å². The van der Waals surface area contributed by atoms with Crippen molar-refractivity contribution >= 4 is 11.6 Å². The predicted octanol–water partition coefficient (Wildman–Crippen LogP) is 5.82. The van der Waals surface area contributed by atoms with Gasteiger partial charge in [-0.25, -0.2) is 0 Å². The lowest BCUT2D eigenvalue weighted by Gasteiger charge is -2.19. The van der Waals surface area contributed by atoms with E-state index in [1.54, 1.807) is 6.07 Å². The van der Waals surface area contributed by atoms with Crippen LogP contribution in [0.5, 0.6) is 5.75 Å². The molecule has 0 fully saturated rings. The number of aromatic nitrogens is 2. The minimum Gasteiger partial charge on any atom is -0.480 e. The van der Waals surface area contributed by atoms with Crippen LogP contribution in [0.25, 0.3) is 22.9 Å². The second-order valence-electron chi connectivity index (χ2n) is 7.53. The van der Waals surface area contributed by atoms with Crippen molar-refractivity contribution < 1.29 is 13.9 Å². The van der Waals surface area contributed by atoms with Gasteiger partial charge >= 0.3 is 0 Å². The molecule has 6 nitrogen and oxygen atoms in total. The number of para-hydroxylation sites is 1. The van der Waals surface area contributed by atoms with E-state index in [0.29, 0.717) is 29.5 Å². The van der Waals surface area contributed by atoms with Crippen LogP contribution in [0.1, 0.15) is 24.5 Å². The quantitative estimate of drug-likeness (QED) is 0.402. The highest BCUT2D eigenvalue weighted by molar-refractivity contribution is 5.95. The summed E-state index contributed by atoms with van der Waals surface area (Å²) in [7, 11) is 0. The van der Waals surface area contributed by atoms with Crippen molar-refractivity contribution in [2.24, 2.45) is 0 Å². The van der Waals surface area contributed by atoms with E-state index in [4.69, 9.17) is 9.15 Å². The van der Waals surface area contributed by atoms with Crippen LogP contribution >= 0.6 is 0 Å². The Morgan fingerprint density at radius 3 is 2.44 bits per heavy atom. The van der Waals surface area contributed by atoms with Crippen molar-refractivity contribution in [2.75, 3.05) is 5.32 Å². The van der Waals surface area contributed by atoms with E-state index in [2.05, 4.69) is 15.5 Å². The molecule has 32 heavy (non-hydrogen) atoms. The molecule has 3 aromatic carbocycles. The summed E-state index contributed by atoms with van der Waals surface area (Å²) in [6, 6.07) is 22.8. The number of hydrogen-bond donors (Lipinski definition) is 1. The molecule has 0 aliphatic carbocycles. The smallest absolute Gasteiger partial charge is 0.265 e. The van der Waals surface area contributed by atoms with Crippen molar-refractivity contribution in [3.05, 3.63) is 83.9 Å². The van der Waals surface area contributed by atoms with Gasteiger partial charge in [0.2, 0.25) is 5.89 Å². The molecule has 0 radical (unpaired) electrons. The molecule has 1 amide bonds. The van der Waals surface area contributed by atoms with Gasteiger partial charge in [-0.1, -0.05) is 49.4 Å². The van der Waals surface area contributed by atoms with Gasteiger partial charge in [-0.05, 0) is 61.7 Å². The van der Waals surface area contributed by atoms with Gasteiger partial charge in [0, 0.05) is 11.3 Å². The van der Waals surface area contributed by atoms with E-state index in [1.807, 2.05) is 87.5 Å². The van der Waals surface area contributed by atoms with E-state index >= 15 is 0 Å². The highest BCUT2D eigenvalue weighted by atomic mass is 16.5. The molecule has 6 heteroatoms. The zero-order chi connectivity index (χ0) is 22.5. The Morgan fingerprint density at radius 1 is 0.938 bits per heavy atom. The van der Waals surface area contributed by atoms with E-state index in [1.165, 1.54) is 0 Å². The van der Waals surface area contributed by atoms with Crippen LogP contribution in [0.15, 0.2) is 77.2 Å². The molecule has 162 valence electrons. The fraction of sp³-hybridized carbons (Fsp3) is 0.192. The molecule has 1 atom stereocenters. The number of nitrogens with zero attached hydrogens (tertiary/aromatic N) is 2. The Hall–Kier alpha value is -3.93. The summed E-state index contributed by atoms with van der Waals surface area (Å²) < 4.78 is 12.0. The number of carbonyl (C=O) groups is 1. The molecular formula is C26H25N3O3. The lowest BCUT2D eigenvalue weighted by atomic mass is 10.1. The molecule has 4 aromatic rings. The van der Waals surface area contributed by atoms with Crippen molar-refractivity contribution in [3.8, 4) is 28.7 Å². The highest BCUT2D eigenvalue weighted by Gasteiger charge is 2.22. The lowest BCUT2D eigenvalue weighted by Crippen LogP contribution is -2.32. The third kappa shape index (κ3) is 4.54. The number of aryl methyl sites for hydroxylation is 1. The van der Waals surface area contributed by atoms with Crippen LogP contribution in [0.4, 0.5) is 5.69 Å². The Bertz CT molecular complexity index is 1220. The lowest BCUT2D eigenvalue weighted by molar-refractivity contribution is -0.122. The van der Waals surface area contributed by atoms with E-state index in [9.17, 15) is 4.79 Å². The van der Waals surface area contributed by atoms with Crippen LogP contribution in [0.2, 0.25) is 0 Å². The first-order valence-electron chi connectivity index (χ1n) is 10.6. The summed E-state index contributed by atoms with van der Waals surface area (Å²) in [5.74, 6) is 1.07. The van der Waals surface area contributed by atoms with Crippen molar-refractivity contribution in [1.82, 2.24) is 10.2 Å². The fourth-order valence-corrected chi connectivity index (χ4v) is 3.35. The van der Waals surface area contributed by atoms with Gasteiger partial charge in [0.25, 0.3) is 11.8 Å². The van der Waals surface area contributed by atoms with E-state index < -0.39 is 6.10 Å². The average molecular weight is 428 g/mol. The summed E-state index contributed by atoms with van der Waals surface area (Å²) in [5.41, 5.74) is 4.42. The number of ether oxygens (including phenoxy) is 1. The Balaban J connectivity index is 1.56. The minimum atomic E-state index is -0.674.